The summed E-state index contributed by atoms with van der Waals surface area (Å²) < 4.78 is 28.3. The molecule has 0 unspecified atom stereocenters. The highest BCUT2D eigenvalue weighted by Gasteiger charge is 2.42. The summed E-state index contributed by atoms with van der Waals surface area (Å²) in [7, 11) is -4.09. The lowest BCUT2D eigenvalue weighted by molar-refractivity contribution is -0.154. The van der Waals surface area contributed by atoms with Crippen LogP contribution < -0.4 is 5.43 Å². The second-order valence-electron chi connectivity index (χ2n) is 8.59. The van der Waals surface area contributed by atoms with E-state index >= 15 is 0 Å². The molecule has 1 saturated heterocycles. The highest BCUT2D eigenvalue weighted by Crippen LogP contribution is 2.33. The molecule has 1 aliphatic rings. The number of aliphatic carboxylic acids is 1. The first-order valence-electron chi connectivity index (χ1n) is 11.6. The number of hydrogen-bond acceptors (Lipinski definition) is 8. The Kier molecular flexibility index (Phi) is 8.63. The highest BCUT2D eigenvalue weighted by atomic mass is 35.5. The number of piperazine rings is 1. The van der Waals surface area contributed by atoms with Crippen molar-refractivity contribution >= 4 is 61.1 Å². The predicted molar refractivity (Wildman–Crippen MR) is 144 cm³/mol. The van der Waals surface area contributed by atoms with Gasteiger partial charge in [-0.1, -0.05) is 41.9 Å². The molecule has 0 radical (unpaired) electrons. The quantitative estimate of drug-likeness (QED) is 0.215. The molecular weight excluding hydrogens is 550 g/mol. The number of thiophene rings is 1. The summed E-state index contributed by atoms with van der Waals surface area (Å²) in [4.78, 5) is 26.3. The molecule has 1 fully saturated rings. The minimum Gasteiger partial charge on any atom is -0.480 e. The first-order valence-corrected chi connectivity index (χ1v) is 14.3. The van der Waals surface area contributed by atoms with Crippen LogP contribution >= 0.6 is 22.9 Å². The Balaban J connectivity index is 1.45. The maximum Gasteiger partial charge on any atom is 0.327 e. The second kappa shape index (κ2) is 11.9. The van der Waals surface area contributed by atoms with Gasteiger partial charge in [-0.15, -0.1) is 11.3 Å². The first-order chi connectivity index (χ1) is 18.2. The van der Waals surface area contributed by atoms with Crippen molar-refractivity contribution in [3.63, 3.8) is 0 Å². The largest absolute Gasteiger partial charge is 0.480 e. The number of hydrogen-bond donors (Lipinski definition) is 2. The van der Waals surface area contributed by atoms with Crippen molar-refractivity contribution in [1.29, 1.82) is 5.26 Å². The fourth-order valence-electron chi connectivity index (χ4n) is 3.94. The highest BCUT2D eigenvalue weighted by molar-refractivity contribution is 7.91. The summed E-state index contributed by atoms with van der Waals surface area (Å²) in [6.45, 7) is -0.210. The zero-order valence-corrected chi connectivity index (χ0v) is 22.5. The molecule has 1 aromatic heterocycles. The number of fused-ring (bicyclic) bond motifs is 1. The molecule has 1 amide bonds. The van der Waals surface area contributed by atoms with Crippen molar-refractivity contribution in [2.75, 3.05) is 19.6 Å². The fraction of sp³-hybridized carbons (Fsp3) is 0.280. The maximum absolute atomic E-state index is 13.3. The molecule has 1 aliphatic heterocycles. The van der Waals surface area contributed by atoms with Crippen LogP contribution in [0.1, 0.15) is 24.0 Å². The summed E-state index contributed by atoms with van der Waals surface area (Å²) in [5, 5.41) is 23.6. The molecule has 10 nitrogen and oxygen atoms in total. The summed E-state index contributed by atoms with van der Waals surface area (Å²) in [6.07, 6.45) is 2.76. The molecule has 4 rings (SSSR count). The fourth-order valence-corrected chi connectivity index (χ4v) is 7.16. The summed E-state index contributed by atoms with van der Waals surface area (Å²) in [6, 6.07) is 14.3. The lowest BCUT2D eigenvalue weighted by Crippen LogP contribution is -2.59. The molecule has 38 heavy (non-hydrogen) atoms. The van der Waals surface area contributed by atoms with Crippen LogP contribution in [0.4, 0.5) is 0 Å². The summed E-state index contributed by atoms with van der Waals surface area (Å²) in [5.41, 5.74) is 4.34. The molecule has 198 valence electrons. The van der Waals surface area contributed by atoms with Gasteiger partial charge in [-0.25, -0.2) is 13.2 Å². The Morgan fingerprint density at radius 2 is 2.03 bits per heavy atom. The number of nitrogens with one attached hydrogen (secondary N) is 1. The molecule has 0 aliphatic carbocycles. The van der Waals surface area contributed by atoms with Gasteiger partial charge in [-0.3, -0.25) is 4.79 Å². The first kappa shape index (κ1) is 27.5. The third-order valence-corrected chi connectivity index (χ3v) is 9.53. The molecule has 2 aromatic carbocycles. The van der Waals surface area contributed by atoms with Gasteiger partial charge in [0.25, 0.3) is 10.0 Å². The normalized spacial score (nSPS) is 16.7. The summed E-state index contributed by atoms with van der Waals surface area (Å²) >= 11 is 7.04. The van der Waals surface area contributed by atoms with Gasteiger partial charge in [-0.2, -0.15) is 14.7 Å². The Bertz CT molecular complexity index is 1520. The van der Waals surface area contributed by atoms with Crippen LogP contribution in [0.2, 0.25) is 5.02 Å². The van der Waals surface area contributed by atoms with E-state index in [1.54, 1.807) is 48.7 Å². The van der Waals surface area contributed by atoms with E-state index in [9.17, 15) is 23.1 Å². The number of amides is 1. The zero-order valence-electron chi connectivity index (χ0n) is 20.1. The van der Waals surface area contributed by atoms with E-state index < -0.39 is 34.5 Å². The standard InChI is InChI=1S/C25H24ClN5O5S2/c26-20-8-7-19-11-24(37-22(19)12-20)38(35,36)30-15-21(25(33)34)31(23(32)16-30)14-18-5-3-17(4-6-18)13-29-28-10-2-1-9-27/h3-8,11-13,21,28H,1-2,10,14-16H2,(H,33,34)/t21-/m1/s1. The van der Waals surface area contributed by atoms with Gasteiger partial charge >= 0.3 is 5.97 Å². The van der Waals surface area contributed by atoms with Crippen molar-refractivity contribution < 1.29 is 23.1 Å². The van der Waals surface area contributed by atoms with Gasteiger partial charge in [0.2, 0.25) is 5.91 Å². The molecule has 3 aromatic rings. The molecular formula is C25H24ClN5O5S2. The average Bonchev–Trinajstić information content (AvgIpc) is 3.32. The van der Waals surface area contributed by atoms with Crippen LogP contribution in [-0.2, 0) is 26.2 Å². The van der Waals surface area contributed by atoms with Crippen LogP contribution in [-0.4, -0.2) is 66.5 Å². The number of nitrogens with zero attached hydrogens (tertiary/aromatic N) is 4. The second-order valence-corrected chi connectivity index (χ2v) is 12.3. The lowest BCUT2D eigenvalue weighted by Gasteiger charge is -2.38. The number of halogens is 1. The van der Waals surface area contributed by atoms with Crippen molar-refractivity contribution in [1.82, 2.24) is 14.6 Å². The van der Waals surface area contributed by atoms with Crippen molar-refractivity contribution in [2.24, 2.45) is 5.10 Å². The van der Waals surface area contributed by atoms with E-state index in [2.05, 4.69) is 16.6 Å². The third kappa shape index (κ3) is 6.31. The van der Waals surface area contributed by atoms with Crippen LogP contribution in [0.25, 0.3) is 10.1 Å². The molecule has 2 heterocycles. The van der Waals surface area contributed by atoms with E-state index in [4.69, 9.17) is 16.9 Å². The summed E-state index contributed by atoms with van der Waals surface area (Å²) in [5.74, 6) is -1.88. The van der Waals surface area contributed by atoms with Gasteiger partial charge in [0.05, 0.1) is 18.8 Å². The number of carboxylic acid groups (broad SMARTS) is 1. The average molecular weight is 574 g/mol. The molecule has 13 heteroatoms. The third-order valence-electron chi connectivity index (χ3n) is 5.94. The number of carbonyl (C=O) groups excluding carboxylic acids is 1. The maximum atomic E-state index is 13.3. The van der Waals surface area contributed by atoms with Crippen LogP contribution in [0, 0.1) is 11.3 Å². The Hall–Kier alpha value is -3.50. The Morgan fingerprint density at radius 1 is 1.26 bits per heavy atom. The smallest absolute Gasteiger partial charge is 0.327 e. The number of nitriles is 1. The van der Waals surface area contributed by atoms with E-state index in [-0.39, 0.29) is 17.3 Å². The molecule has 0 bridgehead atoms. The lowest BCUT2D eigenvalue weighted by atomic mass is 10.1. The van der Waals surface area contributed by atoms with Crippen LogP contribution in [0.15, 0.2) is 57.8 Å². The monoisotopic (exact) mass is 573 g/mol. The van der Waals surface area contributed by atoms with E-state index in [1.165, 1.54) is 11.0 Å². The van der Waals surface area contributed by atoms with E-state index in [1.807, 2.05) is 0 Å². The van der Waals surface area contributed by atoms with E-state index in [0.717, 1.165) is 21.2 Å². The Morgan fingerprint density at radius 3 is 2.74 bits per heavy atom. The number of unbranched alkanes of at least 4 members (excludes halogenated alkanes) is 1. The zero-order chi connectivity index (χ0) is 27.3. The molecule has 0 saturated carbocycles. The number of hydrazone groups is 1. The number of sulfonamides is 1. The predicted octanol–water partition coefficient (Wildman–Crippen LogP) is 3.27. The van der Waals surface area contributed by atoms with Gasteiger partial charge < -0.3 is 15.4 Å². The van der Waals surface area contributed by atoms with Crippen molar-refractivity contribution in [3.05, 3.63) is 64.7 Å². The van der Waals surface area contributed by atoms with Gasteiger partial charge in [-0.05, 0) is 41.1 Å². The molecule has 2 N–H and O–H groups in total. The minimum atomic E-state index is -4.09. The Labute approximate surface area is 228 Å². The number of benzene rings is 2. The minimum absolute atomic E-state index is 0.0227. The van der Waals surface area contributed by atoms with Crippen LogP contribution in [0.3, 0.4) is 0 Å². The van der Waals surface area contributed by atoms with E-state index in [0.29, 0.717) is 40.1 Å². The van der Waals surface area contributed by atoms with Gasteiger partial charge in [0.1, 0.15) is 10.3 Å². The van der Waals surface area contributed by atoms with Crippen molar-refractivity contribution in [3.8, 4) is 6.07 Å². The number of carbonyl (C=O) groups is 2. The SMILES string of the molecule is N#CCCCNN=Cc1ccc(CN2C(=O)CN(S(=O)(=O)c3cc4ccc(Cl)cc4s3)C[C@@H]2C(=O)O)cc1. The molecule has 1 atom stereocenters. The topological polar surface area (TPSA) is 143 Å². The number of rotatable bonds is 10. The number of carboxylic acids is 1. The van der Waals surface area contributed by atoms with Gasteiger partial charge in [0.15, 0.2) is 0 Å². The molecule has 0 spiro atoms. The van der Waals surface area contributed by atoms with Crippen molar-refractivity contribution in [2.45, 2.75) is 29.6 Å². The van der Waals surface area contributed by atoms with Crippen LogP contribution in [0.5, 0.6) is 0 Å². The van der Waals surface area contributed by atoms with Gasteiger partial charge in [0, 0.05) is 35.8 Å².